The number of anilines is 1. The van der Waals surface area contributed by atoms with Gasteiger partial charge in [-0.1, -0.05) is 13.0 Å². The summed E-state index contributed by atoms with van der Waals surface area (Å²) in [7, 11) is 0. The van der Waals surface area contributed by atoms with Crippen LogP contribution in [0, 0.1) is 5.92 Å². The second kappa shape index (κ2) is 8.22. The van der Waals surface area contributed by atoms with Gasteiger partial charge in [0.15, 0.2) is 0 Å². The predicted molar refractivity (Wildman–Crippen MR) is 83.0 cm³/mol. The molecule has 2 atom stereocenters. The molecule has 0 amide bonds. The number of hydrogen-bond donors (Lipinski definition) is 1. The van der Waals surface area contributed by atoms with Gasteiger partial charge >= 0.3 is 0 Å². The lowest BCUT2D eigenvalue weighted by Crippen LogP contribution is -2.45. The molecule has 0 saturated carbocycles. The Labute approximate surface area is 122 Å². The molecule has 1 aromatic heterocycles. The summed E-state index contributed by atoms with van der Waals surface area (Å²) in [6, 6.07) is 6.56. The van der Waals surface area contributed by atoms with Crippen molar-refractivity contribution >= 4 is 5.82 Å². The first-order valence-corrected chi connectivity index (χ1v) is 7.77. The van der Waals surface area contributed by atoms with E-state index in [1.165, 1.54) is 13.0 Å². The minimum atomic E-state index is 0.535. The van der Waals surface area contributed by atoms with Gasteiger partial charge in [-0.25, -0.2) is 4.98 Å². The molecule has 1 N–H and O–H groups in total. The number of rotatable bonds is 7. The molecule has 2 heterocycles. The van der Waals surface area contributed by atoms with Crippen LogP contribution in [-0.4, -0.2) is 48.8 Å². The number of hydrogen-bond acceptors (Lipinski definition) is 4. The van der Waals surface area contributed by atoms with Crippen molar-refractivity contribution in [1.82, 2.24) is 9.88 Å². The SMILES string of the molecule is CCOCCCN1CC[C@H](Nc2ccccn2)[C@@H](C)C1. The van der Waals surface area contributed by atoms with E-state index >= 15 is 0 Å². The Bertz CT molecular complexity index is 371. The van der Waals surface area contributed by atoms with Gasteiger partial charge < -0.3 is 15.0 Å². The van der Waals surface area contributed by atoms with Crippen LogP contribution in [0.5, 0.6) is 0 Å². The molecule has 0 aliphatic carbocycles. The highest BCUT2D eigenvalue weighted by Crippen LogP contribution is 2.20. The monoisotopic (exact) mass is 277 g/mol. The normalized spacial score (nSPS) is 23.7. The van der Waals surface area contributed by atoms with Crippen LogP contribution < -0.4 is 5.32 Å². The Morgan fingerprint density at radius 2 is 2.35 bits per heavy atom. The van der Waals surface area contributed by atoms with Gasteiger partial charge in [0.1, 0.15) is 5.82 Å². The van der Waals surface area contributed by atoms with E-state index in [1.807, 2.05) is 24.4 Å². The summed E-state index contributed by atoms with van der Waals surface area (Å²) in [5, 5.41) is 3.57. The van der Waals surface area contributed by atoms with Crippen LogP contribution in [0.15, 0.2) is 24.4 Å². The van der Waals surface area contributed by atoms with E-state index in [2.05, 4.69) is 29.0 Å². The lowest BCUT2D eigenvalue weighted by molar-refractivity contribution is 0.117. The van der Waals surface area contributed by atoms with Crippen molar-refractivity contribution in [2.75, 3.05) is 38.2 Å². The van der Waals surface area contributed by atoms with Crippen LogP contribution >= 0.6 is 0 Å². The molecule has 1 aliphatic heterocycles. The lowest BCUT2D eigenvalue weighted by Gasteiger charge is -2.37. The predicted octanol–water partition coefficient (Wildman–Crippen LogP) is 2.63. The van der Waals surface area contributed by atoms with E-state index in [1.54, 1.807) is 0 Å². The van der Waals surface area contributed by atoms with Crippen molar-refractivity contribution in [3.63, 3.8) is 0 Å². The van der Waals surface area contributed by atoms with Crippen molar-refractivity contribution in [2.45, 2.75) is 32.7 Å². The minimum absolute atomic E-state index is 0.535. The van der Waals surface area contributed by atoms with Crippen LogP contribution in [-0.2, 0) is 4.74 Å². The van der Waals surface area contributed by atoms with Gasteiger partial charge in [0, 0.05) is 45.1 Å². The molecular weight excluding hydrogens is 250 g/mol. The van der Waals surface area contributed by atoms with E-state index in [4.69, 9.17) is 4.74 Å². The largest absolute Gasteiger partial charge is 0.382 e. The molecule has 1 aromatic rings. The van der Waals surface area contributed by atoms with Crippen molar-refractivity contribution < 1.29 is 4.74 Å². The third-order valence-corrected chi connectivity index (χ3v) is 3.95. The van der Waals surface area contributed by atoms with Gasteiger partial charge in [-0.3, -0.25) is 0 Å². The minimum Gasteiger partial charge on any atom is -0.382 e. The second-order valence-corrected chi connectivity index (χ2v) is 5.58. The fourth-order valence-corrected chi connectivity index (χ4v) is 2.82. The zero-order valence-electron chi connectivity index (χ0n) is 12.7. The fraction of sp³-hybridized carbons (Fsp3) is 0.688. The van der Waals surface area contributed by atoms with E-state index in [-0.39, 0.29) is 0 Å². The number of likely N-dealkylation sites (tertiary alicyclic amines) is 1. The molecule has 1 aliphatic rings. The number of nitrogens with one attached hydrogen (secondary N) is 1. The molecule has 1 saturated heterocycles. The fourth-order valence-electron chi connectivity index (χ4n) is 2.82. The lowest BCUT2D eigenvalue weighted by atomic mass is 9.93. The zero-order chi connectivity index (χ0) is 14.2. The van der Waals surface area contributed by atoms with E-state index in [0.717, 1.165) is 38.5 Å². The summed E-state index contributed by atoms with van der Waals surface area (Å²) in [4.78, 5) is 6.91. The molecule has 1 fully saturated rings. The summed E-state index contributed by atoms with van der Waals surface area (Å²) in [5.41, 5.74) is 0. The quantitative estimate of drug-likeness (QED) is 0.778. The summed E-state index contributed by atoms with van der Waals surface area (Å²) in [5.74, 6) is 1.65. The van der Waals surface area contributed by atoms with Crippen LogP contribution in [0.3, 0.4) is 0 Å². The van der Waals surface area contributed by atoms with Crippen LogP contribution in [0.25, 0.3) is 0 Å². The topological polar surface area (TPSA) is 37.4 Å². The summed E-state index contributed by atoms with van der Waals surface area (Å²) >= 11 is 0. The number of aromatic nitrogens is 1. The number of nitrogens with zero attached hydrogens (tertiary/aromatic N) is 2. The first-order valence-electron chi connectivity index (χ1n) is 7.77. The number of piperidine rings is 1. The maximum atomic E-state index is 5.40. The Morgan fingerprint density at radius 3 is 3.05 bits per heavy atom. The molecule has 0 aromatic carbocycles. The molecule has 0 unspecified atom stereocenters. The zero-order valence-corrected chi connectivity index (χ0v) is 12.7. The molecule has 2 rings (SSSR count). The van der Waals surface area contributed by atoms with Crippen molar-refractivity contribution in [2.24, 2.45) is 5.92 Å². The Kier molecular flexibility index (Phi) is 6.27. The Balaban J connectivity index is 1.72. The highest BCUT2D eigenvalue weighted by molar-refractivity contribution is 5.34. The third-order valence-electron chi connectivity index (χ3n) is 3.95. The van der Waals surface area contributed by atoms with Gasteiger partial charge in [0.25, 0.3) is 0 Å². The molecule has 0 bridgehead atoms. The summed E-state index contributed by atoms with van der Waals surface area (Å²) in [6.07, 6.45) is 4.17. The summed E-state index contributed by atoms with van der Waals surface area (Å²) < 4.78 is 5.40. The molecule has 0 spiro atoms. The molecular formula is C16H27N3O. The van der Waals surface area contributed by atoms with Gasteiger partial charge in [-0.15, -0.1) is 0 Å². The average Bonchev–Trinajstić information content (AvgIpc) is 2.47. The van der Waals surface area contributed by atoms with Crippen molar-refractivity contribution in [3.8, 4) is 0 Å². The maximum absolute atomic E-state index is 5.40. The van der Waals surface area contributed by atoms with Crippen molar-refractivity contribution in [3.05, 3.63) is 24.4 Å². The van der Waals surface area contributed by atoms with Crippen molar-refractivity contribution in [1.29, 1.82) is 0 Å². The van der Waals surface area contributed by atoms with Crippen LogP contribution in [0.2, 0.25) is 0 Å². The molecule has 4 nitrogen and oxygen atoms in total. The summed E-state index contributed by atoms with van der Waals surface area (Å²) in [6.45, 7) is 9.58. The van der Waals surface area contributed by atoms with E-state index < -0.39 is 0 Å². The molecule has 0 radical (unpaired) electrons. The maximum Gasteiger partial charge on any atom is 0.126 e. The van der Waals surface area contributed by atoms with Crippen LogP contribution in [0.1, 0.15) is 26.7 Å². The number of pyridine rings is 1. The highest BCUT2D eigenvalue weighted by atomic mass is 16.5. The molecule has 112 valence electrons. The Hall–Kier alpha value is -1.13. The van der Waals surface area contributed by atoms with E-state index in [0.29, 0.717) is 12.0 Å². The molecule has 4 heteroatoms. The van der Waals surface area contributed by atoms with Gasteiger partial charge in [0.2, 0.25) is 0 Å². The smallest absolute Gasteiger partial charge is 0.126 e. The first-order chi connectivity index (χ1) is 9.79. The second-order valence-electron chi connectivity index (χ2n) is 5.58. The van der Waals surface area contributed by atoms with Gasteiger partial charge in [0.05, 0.1) is 0 Å². The third kappa shape index (κ3) is 4.76. The Morgan fingerprint density at radius 1 is 1.45 bits per heavy atom. The average molecular weight is 277 g/mol. The highest BCUT2D eigenvalue weighted by Gasteiger charge is 2.25. The van der Waals surface area contributed by atoms with Gasteiger partial charge in [-0.05, 0) is 37.8 Å². The first kappa shape index (κ1) is 15.3. The van der Waals surface area contributed by atoms with Crippen LogP contribution in [0.4, 0.5) is 5.82 Å². The van der Waals surface area contributed by atoms with Gasteiger partial charge in [-0.2, -0.15) is 0 Å². The number of ether oxygens (including phenoxy) is 1. The molecule has 20 heavy (non-hydrogen) atoms. The van der Waals surface area contributed by atoms with E-state index in [9.17, 15) is 0 Å². The standard InChI is InChI=1S/C16H27N3O/c1-3-20-12-6-10-19-11-8-15(14(2)13-19)18-16-7-4-5-9-17-16/h4-5,7,9,14-15H,3,6,8,10-13H2,1-2H3,(H,17,18)/t14-,15-/m0/s1.